The van der Waals surface area contributed by atoms with E-state index < -0.39 is 10.0 Å². The normalized spacial score (nSPS) is 13.9. The summed E-state index contributed by atoms with van der Waals surface area (Å²) in [4.78, 5) is 0.285. The molecule has 1 unspecified atom stereocenters. The molecule has 0 aromatic carbocycles. The Morgan fingerprint density at radius 3 is 2.55 bits per heavy atom. The number of aryl methyl sites for hydroxylation is 1. The van der Waals surface area contributed by atoms with Crippen LogP contribution >= 0.6 is 0 Å². The number of furan rings is 1. The smallest absolute Gasteiger partial charge is 0.246 e. The Bertz CT molecular complexity index is 523. The molecule has 116 valence electrons. The summed E-state index contributed by atoms with van der Waals surface area (Å²) >= 11 is 0. The van der Waals surface area contributed by atoms with Crippen LogP contribution in [0.15, 0.2) is 15.4 Å². The average Bonchev–Trinajstić information content (AvgIpc) is 2.77. The van der Waals surface area contributed by atoms with Gasteiger partial charge in [0.25, 0.3) is 0 Å². The van der Waals surface area contributed by atoms with Gasteiger partial charge in [-0.25, -0.2) is 8.42 Å². The minimum Gasteiger partial charge on any atom is -0.464 e. The largest absolute Gasteiger partial charge is 0.464 e. The van der Waals surface area contributed by atoms with Gasteiger partial charge in [0.15, 0.2) is 0 Å². The first kappa shape index (κ1) is 17.2. The molecule has 20 heavy (non-hydrogen) atoms. The molecule has 1 aromatic rings. The second kappa shape index (κ2) is 7.24. The van der Waals surface area contributed by atoms with Crippen LogP contribution in [0.5, 0.6) is 0 Å². The van der Waals surface area contributed by atoms with Crippen molar-refractivity contribution in [2.75, 3.05) is 20.1 Å². The van der Waals surface area contributed by atoms with Crippen molar-refractivity contribution in [1.82, 2.24) is 9.62 Å². The lowest BCUT2D eigenvalue weighted by atomic mass is 10.1. The molecule has 0 aliphatic rings. The highest BCUT2D eigenvalue weighted by Gasteiger charge is 2.28. The number of hydrogen-bond acceptors (Lipinski definition) is 4. The summed E-state index contributed by atoms with van der Waals surface area (Å²) in [5.74, 6) is 1.44. The summed E-state index contributed by atoms with van der Waals surface area (Å²) in [6.45, 7) is 9.23. The van der Waals surface area contributed by atoms with Gasteiger partial charge < -0.3 is 9.73 Å². The maximum atomic E-state index is 12.7. The summed E-state index contributed by atoms with van der Waals surface area (Å²) < 4.78 is 32.4. The van der Waals surface area contributed by atoms with Gasteiger partial charge in [-0.1, -0.05) is 27.2 Å². The summed E-state index contributed by atoms with van der Waals surface area (Å²) in [7, 11) is -1.67. The lowest BCUT2D eigenvalue weighted by Gasteiger charge is -2.23. The zero-order valence-corrected chi connectivity index (χ0v) is 13.9. The van der Waals surface area contributed by atoms with Gasteiger partial charge in [0, 0.05) is 19.2 Å². The molecule has 0 fully saturated rings. The topological polar surface area (TPSA) is 62.6 Å². The quantitative estimate of drug-likeness (QED) is 0.801. The minimum absolute atomic E-state index is 0.285. The van der Waals surface area contributed by atoms with Crippen LogP contribution in [0.3, 0.4) is 0 Å². The molecule has 1 heterocycles. The number of sulfonamides is 1. The van der Waals surface area contributed by atoms with Crippen LogP contribution in [-0.4, -0.2) is 32.9 Å². The SMILES string of the molecule is CCC(C)CN(CC)S(=O)(=O)c1cc(CNC)oc1C. The van der Waals surface area contributed by atoms with Crippen LogP contribution in [0.4, 0.5) is 0 Å². The summed E-state index contributed by atoms with van der Waals surface area (Å²) in [6.07, 6.45) is 0.960. The van der Waals surface area contributed by atoms with E-state index in [4.69, 9.17) is 4.42 Å². The van der Waals surface area contributed by atoms with Crippen molar-refractivity contribution in [3.05, 3.63) is 17.6 Å². The average molecular weight is 302 g/mol. The van der Waals surface area contributed by atoms with Crippen LogP contribution in [-0.2, 0) is 16.6 Å². The van der Waals surface area contributed by atoms with E-state index in [0.29, 0.717) is 37.1 Å². The molecule has 0 radical (unpaired) electrons. The molecule has 0 aliphatic carbocycles. The Morgan fingerprint density at radius 1 is 1.40 bits per heavy atom. The Balaban J connectivity index is 3.07. The van der Waals surface area contributed by atoms with Gasteiger partial charge in [-0.2, -0.15) is 4.31 Å². The minimum atomic E-state index is -3.47. The van der Waals surface area contributed by atoms with Gasteiger partial charge in [-0.3, -0.25) is 0 Å². The Labute approximate surface area is 122 Å². The molecule has 0 saturated heterocycles. The Kier molecular flexibility index (Phi) is 6.23. The third-order valence-corrected chi connectivity index (χ3v) is 5.51. The molecular formula is C14H26N2O3S. The Hall–Kier alpha value is -0.850. The molecule has 0 spiro atoms. The first-order valence-corrected chi connectivity index (χ1v) is 8.54. The maximum absolute atomic E-state index is 12.7. The molecule has 0 saturated carbocycles. The lowest BCUT2D eigenvalue weighted by Crippen LogP contribution is -2.34. The van der Waals surface area contributed by atoms with Crippen LogP contribution in [0.1, 0.15) is 38.7 Å². The van der Waals surface area contributed by atoms with E-state index in [1.54, 1.807) is 20.0 Å². The molecular weight excluding hydrogens is 276 g/mol. The third kappa shape index (κ3) is 3.84. The lowest BCUT2D eigenvalue weighted by molar-refractivity contribution is 0.360. The Morgan fingerprint density at radius 2 is 2.05 bits per heavy atom. The highest BCUT2D eigenvalue weighted by atomic mass is 32.2. The third-order valence-electron chi connectivity index (χ3n) is 3.46. The predicted molar refractivity (Wildman–Crippen MR) is 80.1 cm³/mol. The second-order valence-electron chi connectivity index (χ2n) is 5.13. The van der Waals surface area contributed by atoms with E-state index in [2.05, 4.69) is 19.2 Å². The fourth-order valence-electron chi connectivity index (χ4n) is 2.05. The first-order valence-electron chi connectivity index (χ1n) is 7.10. The van der Waals surface area contributed by atoms with Crippen molar-refractivity contribution in [3.63, 3.8) is 0 Å². The summed E-state index contributed by atoms with van der Waals surface area (Å²) in [6, 6.07) is 1.63. The van der Waals surface area contributed by atoms with Gasteiger partial charge in [0.1, 0.15) is 16.4 Å². The van der Waals surface area contributed by atoms with E-state index in [0.717, 1.165) is 6.42 Å². The predicted octanol–water partition coefficient (Wildman–Crippen LogP) is 2.36. The monoisotopic (exact) mass is 302 g/mol. The van der Waals surface area contributed by atoms with E-state index in [1.807, 2.05) is 6.92 Å². The number of nitrogens with one attached hydrogen (secondary N) is 1. The summed E-state index contributed by atoms with van der Waals surface area (Å²) in [5, 5.41) is 2.96. The van der Waals surface area contributed by atoms with Crippen molar-refractivity contribution >= 4 is 10.0 Å². The van der Waals surface area contributed by atoms with E-state index in [9.17, 15) is 8.42 Å². The van der Waals surface area contributed by atoms with E-state index >= 15 is 0 Å². The summed E-state index contributed by atoms with van der Waals surface area (Å²) in [5.41, 5.74) is 0. The van der Waals surface area contributed by atoms with Crippen LogP contribution in [0.2, 0.25) is 0 Å². The highest BCUT2D eigenvalue weighted by molar-refractivity contribution is 7.89. The molecule has 1 atom stereocenters. The van der Waals surface area contributed by atoms with Gasteiger partial charge >= 0.3 is 0 Å². The zero-order chi connectivity index (χ0) is 15.3. The van der Waals surface area contributed by atoms with Crippen molar-refractivity contribution in [2.45, 2.75) is 45.6 Å². The van der Waals surface area contributed by atoms with Crippen LogP contribution in [0, 0.1) is 12.8 Å². The van der Waals surface area contributed by atoms with Gasteiger partial charge in [-0.15, -0.1) is 0 Å². The molecule has 5 nitrogen and oxygen atoms in total. The highest BCUT2D eigenvalue weighted by Crippen LogP contribution is 2.24. The van der Waals surface area contributed by atoms with Crippen molar-refractivity contribution in [2.24, 2.45) is 5.92 Å². The molecule has 6 heteroatoms. The standard InChI is InChI=1S/C14H26N2O3S/c1-6-11(3)10-16(7-2)20(17,18)14-8-13(9-15-5)19-12(14)4/h8,11,15H,6-7,9-10H2,1-5H3. The number of nitrogens with zero attached hydrogens (tertiary/aromatic N) is 1. The molecule has 0 bridgehead atoms. The second-order valence-corrected chi connectivity index (χ2v) is 7.04. The van der Waals surface area contributed by atoms with Crippen molar-refractivity contribution in [1.29, 1.82) is 0 Å². The van der Waals surface area contributed by atoms with Crippen molar-refractivity contribution < 1.29 is 12.8 Å². The molecule has 1 rings (SSSR count). The molecule has 1 N–H and O–H groups in total. The maximum Gasteiger partial charge on any atom is 0.246 e. The fourth-order valence-corrected chi connectivity index (χ4v) is 3.81. The van der Waals surface area contributed by atoms with Gasteiger partial charge in [0.2, 0.25) is 10.0 Å². The molecule has 0 aliphatic heterocycles. The van der Waals surface area contributed by atoms with Crippen molar-refractivity contribution in [3.8, 4) is 0 Å². The van der Waals surface area contributed by atoms with E-state index in [-0.39, 0.29) is 4.90 Å². The van der Waals surface area contributed by atoms with Gasteiger partial charge in [0.05, 0.1) is 6.54 Å². The number of hydrogen-bond donors (Lipinski definition) is 1. The molecule has 0 amide bonds. The molecule has 1 aromatic heterocycles. The van der Waals surface area contributed by atoms with Gasteiger partial charge in [-0.05, 0) is 19.9 Å². The van der Waals surface area contributed by atoms with Crippen LogP contribution < -0.4 is 5.32 Å². The van der Waals surface area contributed by atoms with E-state index in [1.165, 1.54) is 4.31 Å². The first-order chi connectivity index (χ1) is 9.36. The number of rotatable bonds is 8. The fraction of sp³-hybridized carbons (Fsp3) is 0.714. The van der Waals surface area contributed by atoms with Crippen LogP contribution in [0.25, 0.3) is 0 Å². The zero-order valence-electron chi connectivity index (χ0n) is 13.1.